The Morgan fingerprint density at radius 2 is 2.00 bits per heavy atom. The zero-order valence-electron chi connectivity index (χ0n) is 11.3. The van der Waals surface area contributed by atoms with E-state index in [0.29, 0.717) is 22.2 Å². The lowest BCUT2D eigenvalue weighted by atomic mass is 10.2. The molecule has 6 heteroatoms. The Bertz CT molecular complexity index is 613. The summed E-state index contributed by atoms with van der Waals surface area (Å²) in [6, 6.07) is 5.24. The van der Waals surface area contributed by atoms with Crippen LogP contribution in [0.15, 0.2) is 30.6 Å². The highest BCUT2D eigenvalue weighted by Gasteiger charge is 2.12. The number of aromatic nitrogens is 2. The fourth-order valence-electron chi connectivity index (χ4n) is 1.62. The summed E-state index contributed by atoms with van der Waals surface area (Å²) in [5.41, 5.74) is 1.39. The number of halogens is 1. The number of carbonyl (C=O) groups excluding carboxylic acids is 1. The minimum absolute atomic E-state index is 0.302. The van der Waals surface area contributed by atoms with E-state index in [4.69, 9.17) is 11.6 Å². The first kappa shape index (κ1) is 14.3. The van der Waals surface area contributed by atoms with Crippen LogP contribution < -0.4 is 10.6 Å². The van der Waals surface area contributed by atoms with Gasteiger partial charge < -0.3 is 10.6 Å². The van der Waals surface area contributed by atoms with Crippen molar-refractivity contribution in [1.29, 1.82) is 0 Å². The van der Waals surface area contributed by atoms with E-state index in [2.05, 4.69) is 20.6 Å². The molecular formula is C14H15ClN4O. The molecule has 2 aromatic heterocycles. The largest absolute Gasteiger partial charge is 0.370 e. The van der Waals surface area contributed by atoms with Crippen molar-refractivity contribution < 1.29 is 4.79 Å². The number of hydrogen-bond donors (Lipinski definition) is 2. The van der Waals surface area contributed by atoms with Crippen molar-refractivity contribution in [2.45, 2.75) is 13.8 Å². The SMILES string of the molecule is CCNc1cc(C(=O)Nc2ccc(C)cn2)c(Cl)cn1. The van der Waals surface area contributed by atoms with Gasteiger partial charge in [0.1, 0.15) is 11.6 Å². The second-order valence-corrected chi connectivity index (χ2v) is 4.66. The van der Waals surface area contributed by atoms with Crippen molar-refractivity contribution in [1.82, 2.24) is 9.97 Å². The highest BCUT2D eigenvalue weighted by Crippen LogP contribution is 2.19. The zero-order chi connectivity index (χ0) is 14.5. The summed E-state index contributed by atoms with van der Waals surface area (Å²) in [5.74, 6) is 0.783. The van der Waals surface area contributed by atoms with E-state index >= 15 is 0 Å². The number of anilines is 2. The molecule has 2 rings (SSSR count). The average Bonchev–Trinajstić information content (AvgIpc) is 2.43. The molecule has 0 aliphatic carbocycles. The van der Waals surface area contributed by atoms with Crippen LogP contribution in [0.1, 0.15) is 22.8 Å². The first-order valence-electron chi connectivity index (χ1n) is 6.23. The standard InChI is InChI=1S/C14H15ClN4O/c1-3-16-13-6-10(11(15)8-18-13)14(20)19-12-5-4-9(2)7-17-12/h4-8H,3H2,1-2H3,(H,16,18)(H,17,19,20). The highest BCUT2D eigenvalue weighted by molar-refractivity contribution is 6.34. The summed E-state index contributed by atoms with van der Waals surface area (Å²) >= 11 is 6.01. The van der Waals surface area contributed by atoms with E-state index in [1.807, 2.05) is 19.9 Å². The molecule has 20 heavy (non-hydrogen) atoms. The molecule has 0 saturated carbocycles. The van der Waals surface area contributed by atoms with Gasteiger partial charge in [-0.2, -0.15) is 0 Å². The fraction of sp³-hybridized carbons (Fsp3) is 0.214. The first-order chi connectivity index (χ1) is 9.60. The van der Waals surface area contributed by atoms with E-state index < -0.39 is 0 Å². The van der Waals surface area contributed by atoms with Gasteiger partial charge in [-0.15, -0.1) is 0 Å². The molecule has 104 valence electrons. The summed E-state index contributed by atoms with van der Waals surface area (Å²) in [6.07, 6.45) is 3.14. The predicted molar refractivity (Wildman–Crippen MR) is 80.3 cm³/mol. The summed E-state index contributed by atoms with van der Waals surface area (Å²) in [4.78, 5) is 20.4. The Hall–Kier alpha value is -2.14. The molecular weight excluding hydrogens is 276 g/mol. The van der Waals surface area contributed by atoms with Gasteiger partial charge >= 0.3 is 0 Å². The molecule has 0 spiro atoms. The lowest BCUT2D eigenvalue weighted by molar-refractivity contribution is 0.102. The number of nitrogens with one attached hydrogen (secondary N) is 2. The van der Waals surface area contributed by atoms with Crippen molar-refractivity contribution in [3.8, 4) is 0 Å². The number of pyridine rings is 2. The lowest BCUT2D eigenvalue weighted by Gasteiger charge is -2.08. The Labute approximate surface area is 122 Å². The van der Waals surface area contributed by atoms with E-state index in [0.717, 1.165) is 12.1 Å². The van der Waals surface area contributed by atoms with Crippen molar-refractivity contribution in [2.75, 3.05) is 17.2 Å². The molecule has 0 bridgehead atoms. The second kappa shape index (κ2) is 6.34. The van der Waals surface area contributed by atoms with Crippen LogP contribution in [0.4, 0.5) is 11.6 Å². The number of nitrogens with zero attached hydrogens (tertiary/aromatic N) is 2. The van der Waals surface area contributed by atoms with Gasteiger partial charge in [-0.3, -0.25) is 4.79 Å². The number of hydrogen-bond acceptors (Lipinski definition) is 4. The molecule has 5 nitrogen and oxygen atoms in total. The van der Waals surface area contributed by atoms with E-state index in [9.17, 15) is 4.79 Å². The molecule has 0 unspecified atom stereocenters. The fourth-order valence-corrected chi connectivity index (χ4v) is 1.81. The van der Waals surface area contributed by atoms with Gasteiger partial charge in [0, 0.05) is 18.9 Å². The van der Waals surface area contributed by atoms with Crippen LogP contribution in [0.5, 0.6) is 0 Å². The van der Waals surface area contributed by atoms with Crippen molar-refractivity contribution in [2.24, 2.45) is 0 Å². The zero-order valence-corrected chi connectivity index (χ0v) is 12.0. The van der Waals surface area contributed by atoms with Crippen LogP contribution in [0.3, 0.4) is 0 Å². The van der Waals surface area contributed by atoms with Crippen LogP contribution in [-0.4, -0.2) is 22.4 Å². The maximum Gasteiger partial charge on any atom is 0.258 e. The number of carbonyl (C=O) groups is 1. The smallest absolute Gasteiger partial charge is 0.258 e. The van der Waals surface area contributed by atoms with Gasteiger partial charge in [0.2, 0.25) is 0 Å². The molecule has 0 aliphatic heterocycles. The maximum atomic E-state index is 12.2. The number of rotatable bonds is 4. The van der Waals surface area contributed by atoms with E-state index in [1.165, 1.54) is 6.20 Å². The normalized spacial score (nSPS) is 10.2. The average molecular weight is 291 g/mol. The maximum absolute atomic E-state index is 12.2. The molecule has 2 aromatic rings. The Balaban J connectivity index is 2.19. The van der Waals surface area contributed by atoms with Gasteiger partial charge in [0.05, 0.1) is 10.6 Å². The molecule has 0 aromatic carbocycles. The minimum Gasteiger partial charge on any atom is -0.370 e. The van der Waals surface area contributed by atoms with Crippen LogP contribution >= 0.6 is 11.6 Å². The third-order valence-corrected chi connectivity index (χ3v) is 2.91. The third-order valence-electron chi connectivity index (χ3n) is 2.61. The molecule has 0 radical (unpaired) electrons. The molecule has 2 heterocycles. The van der Waals surface area contributed by atoms with Gasteiger partial charge in [0.25, 0.3) is 5.91 Å². The molecule has 1 amide bonds. The van der Waals surface area contributed by atoms with Crippen LogP contribution in [0.2, 0.25) is 5.02 Å². The summed E-state index contributed by atoms with van der Waals surface area (Å²) in [5, 5.41) is 6.04. The first-order valence-corrected chi connectivity index (χ1v) is 6.61. The summed E-state index contributed by atoms with van der Waals surface area (Å²) in [7, 11) is 0. The third kappa shape index (κ3) is 3.45. The van der Waals surface area contributed by atoms with Gasteiger partial charge in [-0.25, -0.2) is 9.97 Å². The van der Waals surface area contributed by atoms with Crippen LogP contribution in [-0.2, 0) is 0 Å². The van der Waals surface area contributed by atoms with Crippen molar-refractivity contribution >= 4 is 29.1 Å². The number of aryl methyl sites for hydroxylation is 1. The summed E-state index contributed by atoms with van der Waals surface area (Å²) < 4.78 is 0. The Kier molecular flexibility index (Phi) is 4.53. The minimum atomic E-state index is -0.312. The molecule has 2 N–H and O–H groups in total. The van der Waals surface area contributed by atoms with Crippen molar-refractivity contribution in [3.63, 3.8) is 0 Å². The molecule has 0 atom stereocenters. The van der Waals surface area contributed by atoms with Crippen LogP contribution in [0.25, 0.3) is 0 Å². The molecule has 0 saturated heterocycles. The topological polar surface area (TPSA) is 66.9 Å². The van der Waals surface area contributed by atoms with Crippen molar-refractivity contribution in [3.05, 3.63) is 46.7 Å². The van der Waals surface area contributed by atoms with E-state index in [-0.39, 0.29) is 5.91 Å². The lowest BCUT2D eigenvalue weighted by Crippen LogP contribution is -2.14. The number of amides is 1. The van der Waals surface area contributed by atoms with Crippen LogP contribution in [0, 0.1) is 6.92 Å². The monoisotopic (exact) mass is 290 g/mol. The highest BCUT2D eigenvalue weighted by atomic mass is 35.5. The Morgan fingerprint density at radius 3 is 2.65 bits per heavy atom. The van der Waals surface area contributed by atoms with Gasteiger partial charge in [0.15, 0.2) is 0 Å². The Morgan fingerprint density at radius 1 is 1.25 bits per heavy atom. The molecule has 0 aliphatic rings. The van der Waals surface area contributed by atoms with Gasteiger partial charge in [-0.05, 0) is 31.5 Å². The van der Waals surface area contributed by atoms with Gasteiger partial charge in [-0.1, -0.05) is 17.7 Å². The molecule has 0 fully saturated rings. The van der Waals surface area contributed by atoms with E-state index in [1.54, 1.807) is 18.3 Å². The predicted octanol–water partition coefficient (Wildman–Crippen LogP) is 3.12. The quantitative estimate of drug-likeness (QED) is 0.908. The summed E-state index contributed by atoms with van der Waals surface area (Å²) in [6.45, 7) is 4.60. The second-order valence-electron chi connectivity index (χ2n) is 4.25.